The number of carbonyl (C=O) groups is 2. The molecule has 0 aliphatic carbocycles. The summed E-state index contributed by atoms with van der Waals surface area (Å²) in [5, 5.41) is 18.0. The smallest absolute Gasteiger partial charge is 0.309 e. The molecule has 0 spiro atoms. The third-order valence-corrected chi connectivity index (χ3v) is 5.56. The van der Waals surface area contributed by atoms with Gasteiger partial charge in [-0.1, -0.05) is 96.8 Å². The Morgan fingerprint density at radius 2 is 1.06 bits per heavy atom. The van der Waals surface area contributed by atoms with Gasteiger partial charge in [-0.05, 0) is 12.8 Å². The van der Waals surface area contributed by atoms with Gasteiger partial charge in [0.2, 0.25) is 0 Å². The Morgan fingerprint density at radius 1 is 0.645 bits per heavy atom. The Morgan fingerprint density at radius 3 is 1.45 bits per heavy atom. The van der Waals surface area contributed by atoms with E-state index < -0.39 is 37.4 Å². The predicted octanol–water partition coefficient (Wildman–Crippen LogP) is 5.47. The molecule has 184 valence electrons. The van der Waals surface area contributed by atoms with E-state index in [2.05, 4.69) is 6.92 Å². The van der Waals surface area contributed by atoms with Gasteiger partial charge in [0, 0.05) is 6.92 Å². The third kappa shape index (κ3) is 20.5. The number of rotatable bonds is 22. The normalized spacial score (nSPS) is 12.2. The Labute approximate surface area is 190 Å². The van der Waals surface area contributed by atoms with Crippen LogP contribution in [0.5, 0.6) is 0 Å². The molecule has 0 heterocycles. The van der Waals surface area contributed by atoms with Gasteiger partial charge >= 0.3 is 11.9 Å². The Balaban J connectivity index is 3.68. The average Bonchev–Trinajstić information content (AvgIpc) is 2.74. The first kappa shape index (κ1) is 29.9. The van der Waals surface area contributed by atoms with Gasteiger partial charge in [-0.25, -0.2) is 0 Å². The minimum absolute atomic E-state index is 0.0469. The number of ether oxygens (including phenoxy) is 2. The number of aliphatic hydroxyl groups excluding tert-OH is 2. The summed E-state index contributed by atoms with van der Waals surface area (Å²) in [4.78, 5) is 23.2. The van der Waals surface area contributed by atoms with Crippen molar-refractivity contribution in [3.05, 3.63) is 0 Å². The maximum absolute atomic E-state index is 11.9. The lowest BCUT2D eigenvalue weighted by molar-refractivity contribution is -0.160. The minimum atomic E-state index is -0.920. The fourth-order valence-electron chi connectivity index (χ4n) is 3.73. The molecule has 1 unspecified atom stereocenters. The van der Waals surface area contributed by atoms with E-state index in [-0.39, 0.29) is 6.42 Å². The van der Waals surface area contributed by atoms with Crippen LogP contribution in [0.2, 0.25) is 0 Å². The molecule has 0 saturated carbocycles. The second-order valence-corrected chi connectivity index (χ2v) is 8.65. The maximum atomic E-state index is 11.9. The molecule has 1 atom stereocenters. The average molecular weight is 445 g/mol. The summed E-state index contributed by atoms with van der Waals surface area (Å²) in [7, 11) is 0. The van der Waals surface area contributed by atoms with Crippen molar-refractivity contribution in [2.24, 2.45) is 0 Å². The van der Waals surface area contributed by atoms with E-state index in [1.165, 1.54) is 84.0 Å². The van der Waals surface area contributed by atoms with Crippen LogP contribution in [-0.4, -0.2) is 47.6 Å². The van der Waals surface area contributed by atoms with Gasteiger partial charge in [-0.2, -0.15) is 0 Å². The molecule has 0 aliphatic rings. The van der Waals surface area contributed by atoms with Crippen molar-refractivity contribution in [3.63, 3.8) is 0 Å². The first-order valence-corrected chi connectivity index (χ1v) is 12.6. The Bertz CT molecular complexity index is 422. The number of esters is 2. The molecule has 0 rings (SSSR count). The molecule has 6 heteroatoms. The van der Waals surface area contributed by atoms with Gasteiger partial charge in [0.05, 0.1) is 19.6 Å². The van der Waals surface area contributed by atoms with Gasteiger partial charge in [0.1, 0.15) is 12.2 Å². The summed E-state index contributed by atoms with van der Waals surface area (Å²) in [5.41, 5.74) is 0. The summed E-state index contributed by atoms with van der Waals surface area (Å²) < 4.78 is 10.2. The highest BCUT2D eigenvalue weighted by molar-refractivity contribution is 5.71. The second kappa shape index (κ2) is 22.1. The molecule has 0 radical (unpaired) electrons. The summed E-state index contributed by atoms with van der Waals surface area (Å²) in [6.07, 6.45) is 18.4. The van der Waals surface area contributed by atoms with Crippen LogP contribution in [0.1, 0.15) is 123 Å². The lowest BCUT2D eigenvalue weighted by atomic mass is 10.0. The van der Waals surface area contributed by atoms with Crippen LogP contribution in [0.3, 0.4) is 0 Å². The van der Waals surface area contributed by atoms with Crippen LogP contribution in [0, 0.1) is 0 Å². The fourth-order valence-corrected chi connectivity index (χ4v) is 3.73. The summed E-state index contributed by atoms with van der Waals surface area (Å²) in [6.45, 7) is 2.72. The van der Waals surface area contributed by atoms with E-state index in [4.69, 9.17) is 19.7 Å². The zero-order chi connectivity index (χ0) is 23.2. The van der Waals surface area contributed by atoms with Crippen molar-refractivity contribution < 1.29 is 29.3 Å². The van der Waals surface area contributed by atoms with Crippen molar-refractivity contribution >= 4 is 11.9 Å². The molecule has 0 saturated heterocycles. The number of hydrogen-bond acceptors (Lipinski definition) is 6. The third-order valence-electron chi connectivity index (χ3n) is 5.56. The summed E-state index contributed by atoms with van der Waals surface area (Å²) >= 11 is 0. The Hall–Kier alpha value is -1.14. The van der Waals surface area contributed by atoms with Crippen molar-refractivity contribution in [1.82, 2.24) is 0 Å². The van der Waals surface area contributed by atoms with Crippen molar-refractivity contribution in [1.29, 1.82) is 0 Å². The lowest BCUT2D eigenvalue weighted by Gasteiger charge is -2.18. The van der Waals surface area contributed by atoms with E-state index in [1.54, 1.807) is 0 Å². The SMILES string of the molecule is CCCCCCCCCCCCCCCCCC(CC(=O)OC(CO)CO)OC(C)=O. The first-order valence-electron chi connectivity index (χ1n) is 12.6. The monoisotopic (exact) mass is 444 g/mol. The van der Waals surface area contributed by atoms with Crippen molar-refractivity contribution in [3.8, 4) is 0 Å². The molecule has 31 heavy (non-hydrogen) atoms. The highest BCUT2D eigenvalue weighted by Gasteiger charge is 2.20. The van der Waals surface area contributed by atoms with Gasteiger partial charge in [-0.3, -0.25) is 9.59 Å². The van der Waals surface area contributed by atoms with Crippen LogP contribution in [-0.2, 0) is 19.1 Å². The second-order valence-electron chi connectivity index (χ2n) is 8.65. The molecule has 0 aliphatic heterocycles. The minimum Gasteiger partial charge on any atom is -0.462 e. The maximum Gasteiger partial charge on any atom is 0.309 e. The van der Waals surface area contributed by atoms with Crippen LogP contribution in [0.4, 0.5) is 0 Å². The molecule has 0 aromatic rings. The molecule has 0 aromatic heterocycles. The van der Waals surface area contributed by atoms with Gasteiger partial charge in [0.15, 0.2) is 0 Å². The van der Waals surface area contributed by atoms with E-state index in [0.29, 0.717) is 6.42 Å². The number of unbranched alkanes of at least 4 members (excludes halogenated alkanes) is 14. The van der Waals surface area contributed by atoms with Crippen molar-refractivity contribution in [2.45, 2.75) is 135 Å². The first-order chi connectivity index (χ1) is 15.0. The summed E-state index contributed by atoms with van der Waals surface area (Å²) in [6, 6.07) is 0. The zero-order valence-corrected chi connectivity index (χ0v) is 20.1. The van der Waals surface area contributed by atoms with Crippen LogP contribution in [0.15, 0.2) is 0 Å². The number of carbonyl (C=O) groups excluding carboxylic acids is 2. The quantitative estimate of drug-likeness (QED) is 0.170. The molecular weight excluding hydrogens is 396 g/mol. The summed E-state index contributed by atoms with van der Waals surface area (Å²) in [5.74, 6) is -0.986. The van der Waals surface area contributed by atoms with Gasteiger partial charge in [0.25, 0.3) is 0 Å². The molecular formula is C25H48O6. The van der Waals surface area contributed by atoms with Crippen LogP contribution in [0.25, 0.3) is 0 Å². The van der Waals surface area contributed by atoms with E-state index in [0.717, 1.165) is 19.3 Å². The van der Waals surface area contributed by atoms with E-state index in [9.17, 15) is 9.59 Å². The molecule has 0 aromatic carbocycles. The van der Waals surface area contributed by atoms with Crippen LogP contribution < -0.4 is 0 Å². The van der Waals surface area contributed by atoms with Gasteiger partial charge < -0.3 is 19.7 Å². The highest BCUT2D eigenvalue weighted by atomic mass is 16.6. The van der Waals surface area contributed by atoms with Crippen molar-refractivity contribution in [2.75, 3.05) is 13.2 Å². The number of hydrogen-bond donors (Lipinski definition) is 2. The zero-order valence-electron chi connectivity index (χ0n) is 20.1. The predicted molar refractivity (Wildman–Crippen MR) is 124 cm³/mol. The fraction of sp³-hybridized carbons (Fsp3) is 0.920. The standard InChI is InChI=1S/C25H48O6/c1-3-4-5-6-7-8-9-10-11-12-13-14-15-16-17-18-23(30-22(2)28)19-25(29)31-24(20-26)21-27/h23-24,26-27H,3-21H2,1-2H3. The Kier molecular flexibility index (Phi) is 21.3. The highest BCUT2D eigenvalue weighted by Crippen LogP contribution is 2.16. The largest absolute Gasteiger partial charge is 0.462 e. The van der Waals surface area contributed by atoms with Gasteiger partial charge in [-0.15, -0.1) is 0 Å². The molecule has 0 fully saturated rings. The van der Waals surface area contributed by atoms with E-state index >= 15 is 0 Å². The molecule has 0 amide bonds. The molecule has 2 N–H and O–H groups in total. The topological polar surface area (TPSA) is 93.1 Å². The molecule has 6 nitrogen and oxygen atoms in total. The lowest BCUT2D eigenvalue weighted by Crippen LogP contribution is -2.29. The molecule has 0 bridgehead atoms. The van der Waals surface area contributed by atoms with E-state index in [1.807, 2.05) is 0 Å². The van der Waals surface area contributed by atoms with Crippen LogP contribution >= 0.6 is 0 Å². The number of aliphatic hydroxyl groups is 2.